The van der Waals surface area contributed by atoms with Gasteiger partial charge in [-0.2, -0.15) is 0 Å². The molecule has 2 aliphatic rings. The standard InChI is InChI=1S/C15H24O3/c1-10-5-6-15(18)12(11(10)7-16)14(4,9-17)8-13(15,2)3/h7,10,17-18H,5-6,8-9H2,1-4H3/t10-,14-,15-/m1/s1. The van der Waals surface area contributed by atoms with Gasteiger partial charge in [0.2, 0.25) is 0 Å². The maximum Gasteiger partial charge on any atom is 0.146 e. The van der Waals surface area contributed by atoms with Crippen molar-refractivity contribution in [1.29, 1.82) is 0 Å². The average Bonchev–Trinajstić information content (AvgIpc) is 2.46. The highest BCUT2D eigenvalue weighted by Gasteiger charge is 2.62. The Morgan fingerprint density at radius 1 is 1.39 bits per heavy atom. The monoisotopic (exact) mass is 252 g/mol. The Kier molecular flexibility index (Phi) is 2.99. The van der Waals surface area contributed by atoms with Crippen LogP contribution in [0.5, 0.6) is 0 Å². The minimum Gasteiger partial charge on any atom is -0.395 e. The van der Waals surface area contributed by atoms with Crippen LogP contribution >= 0.6 is 0 Å². The van der Waals surface area contributed by atoms with Crippen LogP contribution in [0.1, 0.15) is 47.0 Å². The molecule has 0 aromatic carbocycles. The van der Waals surface area contributed by atoms with Crippen LogP contribution in [0.4, 0.5) is 0 Å². The third-order valence-corrected chi connectivity index (χ3v) is 5.20. The van der Waals surface area contributed by atoms with Gasteiger partial charge in [0.15, 0.2) is 0 Å². The van der Waals surface area contributed by atoms with Gasteiger partial charge in [-0.05, 0) is 41.7 Å². The molecule has 0 unspecified atom stereocenters. The molecule has 102 valence electrons. The highest BCUT2D eigenvalue weighted by Crippen LogP contribution is 2.63. The highest BCUT2D eigenvalue weighted by atomic mass is 16.3. The Balaban J connectivity index is 2.71. The maximum atomic E-state index is 11.4. The van der Waals surface area contributed by atoms with Gasteiger partial charge in [-0.1, -0.05) is 27.7 Å². The van der Waals surface area contributed by atoms with Gasteiger partial charge in [0.1, 0.15) is 6.29 Å². The van der Waals surface area contributed by atoms with E-state index >= 15 is 0 Å². The molecule has 0 amide bonds. The van der Waals surface area contributed by atoms with Crippen LogP contribution in [0.15, 0.2) is 11.1 Å². The first-order chi connectivity index (χ1) is 8.22. The van der Waals surface area contributed by atoms with E-state index in [9.17, 15) is 15.0 Å². The van der Waals surface area contributed by atoms with E-state index in [0.717, 1.165) is 18.3 Å². The van der Waals surface area contributed by atoms with Crippen LogP contribution < -0.4 is 0 Å². The van der Waals surface area contributed by atoms with Gasteiger partial charge < -0.3 is 10.2 Å². The molecule has 2 aliphatic carbocycles. The number of rotatable bonds is 2. The van der Waals surface area contributed by atoms with Crippen LogP contribution in [0.2, 0.25) is 0 Å². The number of fused-ring (bicyclic) bond motifs is 1. The zero-order valence-electron chi connectivity index (χ0n) is 11.8. The second-order valence-electron chi connectivity index (χ2n) is 7.03. The number of aldehydes is 1. The lowest BCUT2D eigenvalue weighted by Gasteiger charge is -2.43. The summed E-state index contributed by atoms with van der Waals surface area (Å²) in [5.74, 6) is 0.178. The number of aliphatic hydroxyl groups excluding tert-OH is 1. The summed E-state index contributed by atoms with van der Waals surface area (Å²) < 4.78 is 0. The minimum atomic E-state index is -0.937. The van der Waals surface area contributed by atoms with Crippen molar-refractivity contribution in [3.63, 3.8) is 0 Å². The average molecular weight is 252 g/mol. The molecule has 3 atom stereocenters. The van der Waals surface area contributed by atoms with E-state index in [4.69, 9.17) is 0 Å². The van der Waals surface area contributed by atoms with Gasteiger partial charge in [-0.25, -0.2) is 0 Å². The van der Waals surface area contributed by atoms with Gasteiger partial charge in [-0.15, -0.1) is 0 Å². The fourth-order valence-corrected chi connectivity index (χ4v) is 4.24. The zero-order valence-corrected chi connectivity index (χ0v) is 11.8. The van der Waals surface area contributed by atoms with E-state index in [2.05, 4.69) is 0 Å². The lowest BCUT2D eigenvalue weighted by molar-refractivity contribution is -0.106. The maximum absolute atomic E-state index is 11.4. The van der Waals surface area contributed by atoms with E-state index in [-0.39, 0.29) is 17.9 Å². The van der Waals surface area contributed by atoms with Crippen molar-refractivity contribution in [3.05, 3.63) is 11.1 Å². The summed E-state index contributed by atoms with van der Waals surface area (Å²) in [7, 11) is 0. The Morgan fingerprint density at radius 3 is 2.50 bits per heavy atom. The van der Waals surface area contributed by atoms with E-state index in [1.54, 1.807) is 0 Å². The van der Waals surface area contributed by atoms with Crippen molar-refractivity contribution >= 4 is 6.29 Å². The summed E-state index contributed by atoms with van der Waals surface area (Å²) >= 11 is 0. The van der Waals surface area contributed by atoms with Crippen LogP contribution in [0, 0.1) is 16.7 Å². The van der Waals surface area contributed by atoms with E-state index in [0.29, 0.717) is 18.4 Å². The van der Waals surface area contributed by atoms with Crippen molar-refractivity contribution in [2.75, 3.05) is 6.61 Å². The normalized spacial score (nSPS) is 42.9. The predicted octanol–water partition coefficient (Wildman–Crippen LogP) is 2.07. The van der Waals surface area contributed by atoms with E-state index < -0.39 is 11.0 Å². The molecular weight excluding hydrogens is 228 g/mol. The molecule has 3 nitrogen and oxygen atoms in total. The van der Waals surface area contributed by atoms with Gasteiger partial charge >= 0.3 is 0 Å². The highest BCUT2D eigenvalue weighted by molar-refractivity contribution is 5.77. The van der Waals surface area contributed by atoms with E-state index in [1.807, 2.05) is 27.7 Å². The minimum absolute atomic E-state index is 0.0157. The second-order valence-corrected chi connectivity index (χ2v) is 7.03. The predicted molar refractivity (Wildman–Crippen MR) is 70.0 cm³/mol. The molecule has 0 aromatic heterocycles. The van der Waals surface area contributed by atoms with Crippen molar-refractivity contribution in [3.8, 4) is 0 Å². The fourth-order valence-electron chi connectivity index (χ4n) is 4.24. The molecule has 1 fully saturated rings. The molecule has 2 rings (SSSR count). The number of allylic oxidation sites excluding steroid dienone is 1. The van der Waals surface area contributed by atoms with Gasteiger partial charge in [-0.3, -0.25) is 4.79 Å². The summed E-state index contributed by atoms with van der Waals surface area (Å²) in [6.07, 6.45) is 3.12. The lowest BCUT2D eigenvalue weighted by atomic mass is 9.66. The number of hydrogen-bond donors (Lipinski definition) is 2. The van der Waals surface area contributed by atoms with Crippen LogP contribution in [-0.2, 0) is 4.79 Å². The van der Waals surface area contributed by atoms with Crippen molar-refractivity contribution in [1.82, 2.24) is 0 Å². The molecule has 3 heteroatoms. The first-order valence-electron chi connectivity index (χ1n) is 6.75. The number of carbonyl (C=O) groups is 1. The number of hydrogen-bond acceptors (Lipinski definition) is 3. The molecular formula is C15H24O3. The Labute approximate surface area is 109 Å². The Morgan fingerprint density at radius 2 is 2.00 bits per heavy atom. The van der Waals surface area contributed by atoms with Crippen molar-refractivity contribution < 1.29 is 15.0 Å². The van der Waals surface area contributed by atoms with Crippen LogP contribution in [-0.4, -0.2) is 28.7 Å². The largest absolute Gasteiger partial charge is 0.395 e. The molecule has 18 heavy (non-hydrogen) atoms. The van der Waals surface area contributed by atoms with E-state index in [1.165, 1.54) is 0 Å². The van der Waals surface area contributed by atoms with Gasteiger partial charge in [0.05, 0.1) is 12.2 Å². The summed E-state index contributed by atoms with van der Waals surface area (Å²) in [5.41, 5.74) is -0.188. The molecule has 2 N–H and O–H groups in total. The SMILES string of the molecule is C[C@@H]1CC[C@@]2(O)C(=C1C=O)[C@@](C)(CO)CC2(C)C. The number of aliphatic hydroxyl groups is 2. The van der Waals surface area contributed by atoms with Gasteiger partial charge in [0, 0.05) is 5.41 Å². The van der Waals surface area contributed by atoms with Gasteiger partial charge in [0.25, 0.3) is 0 Å². The fraction of sp³-hybridized carbons (Fsp3) is 0.800. The molecule has 0 aliphatic heterocycles. The topological polar surface area (TPSA) is 57.5 Å². The Hall–Kier alpha value is -0.670. The zero-order chi connectivity index (χ0) is 13.8. The van der Waals surface area contributed by atoms with Crippen molar-refractivity contribution in [2.24, 2.45) is 16.7 Å². The molecule has 0 bridgehead atoms. The quantitative estimate of drug-likeness (QED) is 0.740. The second kappa shape index (κ2) is 3.91. The third kappa shape index (κ3) is 1.53. The molecule has 0 saturated heterocycles. The molecule has 0 radical (unpaired) electrons. The van der Waals surface area contributed by atoms with Crippen LogP contribution in [0.3, 0.4) is 0 Å². The molecule has 0 heterocycles. The Bertz CT molecular complexity index is 410. The number of carbonyl (C=O) groups excluding carboxylic acids is 1. The summed E-state index contributed by atoms with van der Waals surface area (Å²) in [6.45, 7) is 8.04. The molecule has 0 spiro atoms. The van der Waals surface area contributed by atoms with Crippen LogP contribution in [0.25, 0.3) is 0 Å². The third-order valence-electron chi connectivity index (χ3n) is 5.20. The van der Waals surface area contributed by atoms with Crippen molar-refractivity contribution in [2.45, 2.75) is 52.6 Å². The lowest BCUT2D eigenvalue weighted by Crippen LogP contribution is -2.45. The first-order valence-corrected chi connectivity index (χ1v) is 6.75. The molecule has 0 aromatic rings. The summed E-state index contributed by atoms with van der Waals surface area (Å²) in [6, 6.07) is 0. The first kappa shape index (κ1) is 13.8. The summed E-state index contributed by atoms with van der Waals surface area (Å²) in [5, 5.41) is 20.8. The smallest absolute Gasteiger partial charge is 0.146 e. The molecule has 1 saturated carbocycles. The summed E-state index contributed by atoms with van der Waals surface area (Å²) in [4.78, 5) is 11.4.